The second-order valence-electron chi connectivity index (χ2n) is 3.52. The van der Waals surface area contributed by atoms with Crippen molar-refractivity contribution >= 4 is 11.5 Å². The molecule has 0 bridgehead atoms. The highest BCUT2D eigenvalue weighted by molar-refractivity contribution is 6.02. The van der Waals surface area contributed by atoms with Crippen LogP contribution in [0.3, 0.4) is 0 Å². The first-order valence-corrected chi connectivity index (χ1v) is 5.10. The number of benzene rings is 1. The summed E-state index contributed by atoms with van der Waals surface area (Å²) in [6.45, 7) is 1.68. The fourth-order valence-electron chi connectivity index (χ4n) is 1.27. The summed E-state index contributed by atoms with van der Waals surface area (Å²) in [6, 6.07) is 3.00. The minimum absolute atomic E-state index is 0.00204. The first kappa shape index (κ1) is 13.7. The molecule has 0 aliphatic rings. The van der Waals surface area contributed by atoms with Gasteiger partial charge in [0.1, 0.15) is 17.3 Å². The summed E-state index contributed by atoms with van der Waals surface area (Å²) < 4.78 is 26.1. The second kappa shape index (κ2) is 5.81. The maximum Gasteiger partial charge on any atom is 0.151 e. The zero-order chi connectivity index (χ0) is 13.7. The minimum atomic E-state index is -0.802. The third-order valence-electron chi connectivity index (χ3n) is 2.27. The summed E-state index contributed by atoms with van der Waals surface area (Å²) in [4.78, 5) is 3.85. The second-order valence-corrected chi connectivity index (χ2v) is 3.52. The average Bonchev–Trinajstić information content (AvgIpc) is 2.33. The van der Waals surface area contributed by atoms with Crippen LogP contribution in [-0.2, 0) is 0 Å². The maximum absolute atomic E-state index is 13.4. The van der Waals surface area contributed by atoms with E-state index in [1.807, 2.05) is 0 Å². The summed E-state index contributed by atoms with van der Waals surface area (Å²) in [5.74, 6) is -1.48. The number of hydrogen-bond donors (Lipinski definition) is 3. The van der Waals surface area contributed by atoms with Crippen LogP contribution in [0.5, 0.6) is 0 Å². The Morgan fingerprint density at radius 2 is 1.89 bits per heavy atom. The Labute approximate surface area is 103 Å². The molecular weight excluding hydrogens is 238 g/mol. The molecule has 0 saturated heterocycles. The van der Waals surface area contributed by atoms with Crippen molar-refractivity contribution in [3.63, 3.8) is 0 Å². The smallest absolute Gasteiger partial charge is 0.151 e. The Morgan fingerprint density at radius 1 is 1.22 bits per heavy atom. The Morgan fingerprint density at radius 3 is 2.39 bits per heavy atom. The van der Waals surface area contributed by atoms with Crippen molar-refractivity contribution < 1.29 is 8.78 Å². The highest BCUT2D eigenvalue weighted by atomic mass is 19.1. The SMILES string of the molecule is C/C(=C/N)C(=CN)C(N)=Nc1ccc(F)cc1F. The number of hydrogen-bond acceptors (Lipinski definition) is 3. The molecule has 0 aliphatic heterocycles. The van der Waals surface area contributed by atoms with Crippen LogP contribution < -0.4 is 17.2 Å². The molecular formula is C12H14F2N4. The van der Waals surface area contributed by atoms with Crippen molar-refractivity contribution in [3.05, 3.63) is 53.4 Å². The van der Waals surface area contributed by atoms with Crippen LogP contribution in [0.4, 0.5) is 14.5 Å². The first-order valence-electron chi connectivity index (χ1n) is 5.10. The van der Waals surface area contributed by atoms with Gasteiger partial charge >= 0.3 is 0 Å². The standard InChI is InChI=1S/C12H14F2N4/c1-7(5-15)9(6-16)12(17)18-11-3-2-8(13)4-10(11)14/h2-6H,15-16H2,1H3,(H2,17,18)/b7-5-,9-6?. The van der Waals surface area contributed by atoms with Gasteiger partial charge < -0.3 is 17.2 Å². The van der Waals surface area contributed by atoms with Gasteiger partial charge in [-0.3, -0.25) is 0 Å². The molecule has 1 aromatic rings. The predicted octanol–water partition coefficient (Wildman–Crippen LogP) is 1.66. The summed E-state index contributed by atoms with van der Waals surface area (Å²) in [7, 11) is 0. The van der Waals surface area contributed by atoms with Gasteiger partial charge in [-0.25, -0.2) is 13.8 Å². The average molecular weight is 252 g/mol. The molecule has 18 heavy (non-hydrogen) atoms. The van der Waals surface area contributed by atoms with Crippen molar-refractivity contribution in [1.29, 1.82) is 0 Å². The molecule has 4 nitrogen and oxygen atoms in total. The molecule has 0 fully saturated rings. The lowest BCUT2D eigenvalue weighted by Gasteiger charge is -2.06. The van der Waals surface area contributed by atoms with E-state index in [0.717, 1.165) is 12.1 Å². The van der Waals surface area contributed by atoms with Crippen molar-refractivity contribution in [1.82, 2.24) is 0 Å². The zero-order valence-corrected chi connectivity index (χ0v) is 9.82. The maximum atomic E-state index is 13.4. The van der Waals surface area contributed by atoms with Crippen molar-refractivity contribution in [2.45, 2.75) is 6.92 Å². The lowest BCUT2D eigenvalue weighted by atomic mass is 10.1. The number of halogens is 2. The fraction of sp³-hybridized carbons (Fsp3) is 0.0833. The number of rotatable bonds is 3. The van der Waals surface area contributed by atoms with Crippen LogP contribution in [0.2, 0.25) is 0 Å². The van der Waals surface area contributed by atoms with Crippen LogP contribution in [0.25, 0.3) is 0 Å². The van der Waals surface area contributed by atoms with E-state index in [1.165, 1.54) is 18.5 Å². The molecule has 6 N–H and O–H groups in total. The molecule has 0 heterocycles. The summed E-state index contributed by atoms with van der Waals surface area (Å²) >= 11 is 0. The number of nitrogens with zero attached hydrogens (tertiary/aromatic N) is 1. The largest absolute Gasteiger partial charge is 0.404 e. The molecule has 0 amide bonds. The van der Waals surface area contributed by atoms with Gasteiger partial charge in [-0.05, 0) is 30.8 Å². The van der Waals surface area contributed by atoms with Crippen molar-refractivity contribution in [2.24, 2.45) is 22.2 Å². The zero-order valence-electron chi connectivity index (χ0n) is 9.82. The number of amidine groups is 1. The van der Waals surface area contributed by atoms with Crippen molar-refractivity contribution in [2.75, 3.05) is 0 Å². The Hall–Kier alpha value is -2.37. The summed E-state index contributed by atoms with van der Waals surface area (Å²) in [5, 5.41) is 0. The molecule has 0 unspecified atom stereocenters. The van der Waals surface area contributed by atoms with E-state index in [0.29, 0.717) is 11.1 Å². The highest BCUT2D eigenvalue weighted by Crippen LogP contribution is 2.19. The van der Waals surface area contributed by atoms with Crippen LogP contribution in [0.15, 0.2) is 46.7 Å². The van der Waals surface area contributed by atoms with E-state index >= 15 is 0 Å². The van der Waals surface area contributed by atoms with Gasteiger partial charge in [0.2, 0.25) is 0 Å². The van der Waals surface area contributed by atoms with Crippen LogP contribution in [0.1, 0.15) is 6.92 Å². The van der Waals surface area contributed by atoms with Crippen LogP contribution >= 0.6 is 0 Å². The normalized spacial score (nSPS) is 13.8. The molecule has 1 aromatic carbocycles. The lowest BCUT2D eigenvalue weighted by Crippen LogP contribution is -2.17. The molecule has 0 aromatic heterocycles. The quantitative estimate of drug-likeness (QED) is 0.434. The molecule has 0 aliphatic carbocycles. The van der Waals surface area contributed by atoms with Gasteiger partial charge in [0.25, 0.3) is 0 Å². The third kappa shape index (κ3) is 3.07. The van der Waals surface area contributed by atoms with E-state index in [9.17, 15) is 8.78 Å². The molecule has 0 saturated carbocycles. The van der Waals surface area contributed by atoms with E-state index < -0.39 is 11.6 Å². The number of aliphatic imine (C=N–C) groups is 1. The third-order valence-corrected chi connectivity index (χ3v) is 2.27. The van der Waals surface area contributed by atoms with Gasteiger partial charge in [-0.15, -0.1) is 0 Å². The summed E-state index contributed by atoms with van der Waals surface area (Å²) in [5.41, 5.74) is 17.3. The van der Waals surface area contributed by atoms with Crippen LogP contribution in [0, 0.1) is 11.6 Å². The van der Waals surface area contributed by atoms with E-state index in [-0.39, 0.29) is 11.5 Å². The molecule has 96 valence electrons. The molecule has 0 atom stereocenters. The van der Waals surface area contributed by atoms with Gasteiger partial charge in [-0.1, -0.05) is 0 Å². The summed E-state index contributed by atoms with van der Waals surface area (Å²) in [6.07, 6.45) is 2.53. The molecule has 6 heteroatoms. The van der Waals surface area contributed by atoms with E-state index in [1.54, 1.807) is 6.92 Å². The fourth-order valence-corrected chi connectivity index (χ4v) is 1.27. The Kier molecular flexibility index (Phi) is 4.42. The van der Waals surface area contributed by atoms with Crippen LogP contribution in [-0.4, -0.2) is 5.84 Å². The van der Waals surface area contributed by atoms with Crippen molar-refractivity contribution in [3.8, 4) is 0 Å². The molecule has 0 spiro atoms. The number of nitrogens with two attached hydrogens (primary N) is 3. The Bertz CT molecular complexity index is 533. The first-order chi connectivity index (χ1) is 8.49. The predicted molar refractivity (Wildman–Crippen MR) is 67.9 cm³/mol. The van der Waals surface area contributed by atoms with E-state index in [2.05, 4.69) is 4.99 Å². The highest BCUT2D eigenvalue weighted by Gasteiger charge is 2.07. The van der Waals surface area contributed by atoms with Gasteiger partial charge in [0.05, 0.1) is 0 Å². The topological polar surface area (TPSA) is 90.4 Å². The minimum Gasteiger partial charge on any atom is -0.404 e. The van der Waals surface area contributed by atoms with Gasteiger partial charge in [0.15, 0.2) is 5.82 Å². The lowest BCUT2D eigenvalue weighted by molar-refractivity contribution is 0.585. The monoisotopic (exact) mass is 252 g/mol. The van der Waals surface area contributed by atoms with Gasteiger partial charge in [0, 0.05) is 17.8 Å². The molecule has 1 rings (SSSR count). The Balaban J connectivity index is 3.16. The molecule has 0 radical (unpaired) electrons. The van der Waals surface area contributed by atoms with E-state index in [4.69, 9.17) is 17.2 Å². The van der Waals surface area contributed by atoms with Gasteiger partial charge in [-0.2, -0.15) is 0 Å².